The first-order valence-electron chi connectivity index (χ1n) is 33.2. The molecule has 3 atom stereocenters. The van der Waals surface area contributed by atoms with E-state index in [1.807, 2.05) is 27.2 Å². The molecule has 0 aliphatic carbocycles. The summed E-state index contributed by atoms with van der Waals surface area (Å²) in [6.07, 6.45) is 74.3. The third-order valence-corrected chi connectivity index (χ3v) is 16.4. The summed E-state index contributed by atoms with van der Waals surface area (Å²) < 4.78 is 23.4. The maximum atomic E-state index is 13.0. The third-order valence-electron chi connectivity index (χ3n) is 15.4. The number of rotatable bonds is 62. The maximum Gasteiger partial charge on any atom is 0.268 e. The van der Waals surface area contributed by atoms with Gasteiger partial charge in [-0.15, -0.1) is 0 Å². The Bertz CT molecular complexity index is 1270. The van der Waals surface area contributed by atoms with Crippen molar-refractivity contribution in [3.05, 3.63) is 24.3 Å². The van der Waals surface area contributed by atoms with Crippen LogP contribution >= 0.6 is 7.82 Å². The topological polar surface area (TPSA) is 108 Å². The zero-order valence-electron chi connectivity index (χ0n) is 51.0. The van der Waals surface area contributed by atoms with E-state index in [0.29, 0.717) is 17.4 Å². The molecule has 0 aliphatic rings. The Morgan fingerprint density at radius 1 is 0.453 bits per heavy atom. The van der Waals surface area contributed by atoms with Crippen LogP contribution in [-0.2, 0) is 18.4 Å². The highest BCUT2D eigenvalue weighted by Gasteiger charge is 2.23. The number of nitrogens with one attached hydrogen (secondary N) is 1. The quantitative estimate of drug-likeness (QED) is 0.0272. The number of quaternary nitrogens is 1. The molecule has 0 aliphatic heterocycles. The SMILES string of the molecule is CCCCCCCCCCCCCC/C=C\CCCCCCCCCCCCCCCCC(=O)NC(COP(=O)([O-])OCC[N+](C)(C)C)C(O)/C=C/CCCCCCCCCCCCCCCCCCCCCCC. The zero-order chi connectivity index (χ0) is 54.9. The van der Waals surface area contributed by atoms with E-state index in [1.54, 1.807) is 6.08 Å². The summed E-state index contributed by atoms with van der Waals surface area (Å²) in [5, 5.41) is 13.9. The highest BCUT2D eigenvalue weighted by Crippen LogP contribution is 2.38. The third kappa shape index (κ3) is 60.5. The van der Waals surface area contributed by atoms with E-state index in [0.717, 1.165) is 38.5 Å². The van der Waals surface area contributed by atoms with Crippen LogP contribution in [0.5, 0.6) is 0 Å². The molecule has 9 heteroatoms. The van der Waals surface area contributed by atoms with Crippen LogP contribution < -0.4 is 10.2 Å². The predicted octanol–water partition coefficient (Wildman–Crippen LogP) is 20.1. The first kappa shape index (κ1) is 74.0. The van der Waals surface area contributed by atoms with Crippen molar-refractivity contribution in [1.29, 1.82) is 0 Å². The number of allylic oxidation sites excluding steroid dienone is 3. The van der Waals surface area contributed by atoms with Crippen LogP contribution in [0.25, 0.3) is 0 Å². The molecule has 446 valence electrons. The Morgan fingerprint density at radius 3 is 1.04 bits per heavy atom. The normalized spacial score (nSPS) is 13.9. The summed E-state index contributed by atoms with van der Waals surface area (Å²) in [4.78, 5) is 25.6. The highest BCUT2D eigenvalue weighted by molar-refractivity contribution is 7.45. The largest absolute Gasteiger partial charge is 0.756 e. The second-order valence-corrected chi connectivity index (χ2v) is 25.6. The minimum absolute atomic E-state index is 0.00139. The molecular formula is C66H131N2O6P. The molecule has 75 heavy (non-hydrogen) atoms. The lowest BCUT2D eigenvalue weighted by atomic mass is 10.0. The number of aliphatic hydroxyl groups excluding tert-OH is 1. The Hall–Kier alpha value is -1.02. The molecule has 0 aromatic heterocycles. The van der Waals surface area contributed by atoms with E-state index in [1.165, 1.54) is 283 Å². The van der Waals surface area contributed by atoms with Crippen molar-refractivity contribution in [1.82, 2.24) is 5.32 Å². The molecule has 0 radical (unpaired) electrons. The van der Waals surface area contributed by atoms with Crippen molar-refractivity contribution in [2.45, 2.75) is 353 Å². The number of hydrogen-bond donors (Lipinski definition) is 2. The van der Waals surface area contributed by atoms with Gasteiger partial charge in [-0.3, -0.25) is 9.36 Å². The van der Waals surface area contributed by atoms with E-state index >= 15 is 0 Å². The highest BCUT2D eigenvalue weighted by atomic mass is 31.2. The minimum atomic E-state index is -4.60. The first-order chi connectivity index (χ1) is 36.5. The fraction of sp³-hybridized carbons (Fsp3) is 0.924. The Morgan fingerprint density at radius 2 is 0.733 bits per heavy atom. The minimum Gasteiger partial charge on any atom is -0.756 e. The molecule has 0 aromatic rings. The monoisotopic (exact) mass is 1080 g/mol. The smallest absolute Gasteiger partial charge is 0.268 e. The van der Waals surface area contributed by atoms with Crippen LogP contribution in [0.4, 0.5) is 0 Å². The van der Waals surface area contributed by atoms with Gasteiger partial charge in [0.05, 0.1) is 39.9 Å². The van der Waals surface area contributed by atoms with E-state index in [-0.39, 0.29) is 19.1 Å². The molecular weight excluding hydrogens is 948 g/mol. The number of nitrogens with zero attached hydrogens (tertiary/aromatic N) is 1. The standard InChI is InChI=1S/C66H131N2O6P/c1-6-8-10-12-14-16-18-20-22-24-26-28-30-31-32-33-34-35-36-38-40-42-44-46-48-50-52-54-56-58-60-66(70)67-64(63-74-75(71,72)73-62-61-68(3,4)5)65(69)59-57-55-53-51-49-47-45-43-41-39-37-29-27-25-23-21-19-17-15-13-11-9-7-2/h31-32,57,59,64-65,69H,6-30,33-56,58,60-63H2,1-5H3,(H-,67,70,71,72)/b32-31-,59-57+. The van der Waals surface area contributed by atoms with E-state index in [2.05, 4.69) is 31.3 Å². The Labute approximate surface area is 468 Å². The summed E-state index contributed by atoms with van der Waals surface area (Å²) in [7, 11) is 1.28. The summed E-state index contributed by atoms with van der Waals surface area (Å²) in [6, 6.07) is -0.885. The number of hydrogen-bond acceptors (Lipinski definition) is 6. The van der Waals surface area contributed by atoms with Crippen molar-refractivity contribution in [3.8, 4) is 0 Å². The summed E-state index contributed by atoms with van der Waals surface area (Å²) in [5.41, 5.74) is 0. The number of aliphatic hydroxyl groups is 1. The van der Waals surface area contributed by atoms with Crippen molar-refractivity contribution < 1.29 is 32.9 Å². The van der Waals surface area contributed by atoms with Gasteiger partial charge < -0.3 is 28.8 Å². The fourth-order valence-corrected chi connectivity index (χ4v) is 10.9. The number of likely N-dealkylation sites (N-methyl/N-ethyl adjacent to an activating group) is 1. The summed E-state index contributed by atoms with van der Waals surface area (Å²) >= 11 is 0. The second-order valence-electron chi connectivity index (χ2n) is 24.2. The van der Waals surface area contributed by atoms with Crippen LogP contribution in [0.3, 0.4) is 0 Å². The molecule has 0 spiro atoms. The summed E-state index contributed by atoms with van der Waals surface area (Å²) in [6.45, 7) is 4.71. The lowest BCUT2D eigenvalue weighted by Crippen LogP contribution is -2.45. The van der Waals surface area contributed by atoms with Gasteiger partial charge >= 0.3 is 0 Å². The van der Waals surface area contributed by atoms with Crippen LogP contribution in [0.15, 0.2) is 24.3 Å². The van der Waals surface area contributed by atoms with E-state index < -0.39 is 20.0 Å². The van der Waals surface area contributed by atoms with Gasteiger partial charge in [0.2, 0.25) is 5.91 Å². The van der Waals surface area contributed by atoms with Gasteiger partial charge in [0.25, 0.3) is 7.82 Å². The lowest BCUT2D eigenvalue weighted by Gasteiger charge is -2.29. The molecule has 1 amide bonds. The zero-order valence-corrected chi connectivity index (χ0v) is 51.9. The lowest BCUT2D eigenvalue weighted by molar-refractivity contribution is -0.870. The molecule has 0 aromatic carbocycles. The summed E-state index contributed by atoms with van der Waals surface area (Å²) in [5.74, 6) is -0.191. The van der Waals surface area contributed by atoms with Crippen molar-refractivity contribution in [3.63, 3.8) is 0 Å². The van der Waals surface area contributed by atoms with Crippen LogP contribution in [0.1, 0.15) is 341 Å². The van der Waals surface area contributed by atoms with E-state index in [4.69, 9.17) is 9.05 Å². The van der Waals surface area contributed by atoms with Gasteiger partial charge in [-0.25, -0.2) is 0 Å². The first-order valence-corrected chi connectivity index (χ1v) is 34.7. The molecule has 8 nitrogen and oxygen atoms in total. The van der Waals surface area contributed by atoms with Crippen molar-refractivity contribution >= 4 is 13.7 Å². The van der Waals surface area contributed by atoms with Gasteiger partial charge in [0.15, 0.2) is 0 Å². The number of carbonyl (C=O) groups is 1. The molecule has 0 saturated heterocycles. The van der Waals surface area contributed by atoms with Crippen molar-refractivity contribution in [2.75, 3.05) is 40.9 Å². The fourth-order valence-electron chi connectivity index (χ4n) is 10.2. The van der Waals surface area contributed by atoms with Crippen LogP contribution in [0.2, 0.25) is 0 Å². The average Bonchev–Trinajstić information content (AvgIpc) is 3.37. The van der Waals surface area contributed by atoms with E-state index in [9.17, 15) is 19.4 Å². The Balaban J connectivity index is 4.07. The van der Waals surface area contributed by atoms with Gasteiger partial charge in [0.1, 0.15) is 13.2 Å². The molecule has 3 unspecified atom stereocenters. The molecule has 0 saturated carbocycles. The number of unbranched alkanes of at least 4 members (excludes halogenated alkanes) is 47. The molecule has 2 N–H and O–H groups in total. The van der Waals surface area contributed by atoms with Crippen LogP contribution in [0, 0.1) is 0 Å². The Kier molecular flexibility index (Phi) is 56.9. The number of phosphoric ester groups is 1. The van der Waals surface area contributed by atoms with Crippen molar-refractivity contribution in [2.24, 2.45) is 0 Å². The number of carbonyl (C=O) groups excluding carboxylic acids is 1. The number of phosphoric acid groups is 1. The second kappa shape index (κ2) is 57.7. The van der Waals surface area contributed by atoms with Gasteiger partial charge in [0, 0.05) is 6.42 Å². The predicted molar refractivity (Wildman–Crippen MR) is 325 cm³/mol. The van der Waals surface area contributed by atoms with Gasteiger partial charge in [-0.05, 0) is 44.9 Å². The molecule has 0 bridgehead atoms. The molecule has 0 rings (SSSR count). The van der Waals surface area contributed by atoms with Gasteiger partial charge in [-0.1, -0.05) is 314 Å². The molecule has 0 fully saturated rings. The average molecular weight is 1080 g/mol. The molecule has 0 heterocycles. The number of amides is 1. The van der Waals surface area contributed by atoms with Gasteiger partial charge in [-0.2, -0.15) is 0 Å². The van der Waals surface area contributed by atoms with Crippen LogP contribution in [-0.4, -0.2) is 68.5 Å². The maximum absolute atomic E-state index is 13.0.